The van der Waals surface area contributed by atoms with Crippen molar-refractivity contribution >= 4 is 40.4 Å². The molecular weight excluding hydrogens is 370 g/mol. The maximum absolute atomic E-state index is 12.3. The first-order chi connectivity index (χ1) is 12.4. The van der Waals surface area contributed by atoms with Gasteiger partial charge in [-0.3, -0.25) is 14.5 Å². The van der Waals surface area contributed by atoms with Gasteiger partial charge in [0.25, 0.3) is 5.91 Å². The number of likely N-dealkylation sites (N-methyl/N-ethyl adjacent to an activating group) is 1. The van der Waals surface area contributed by atoms with Crippen molar-refractivity contribution in [2.45, 2.75) is 20.4 Å². The van der Waals surface area contributed by atoms with Crippen LogP contribution in [0.3, 0.4) is 0 Å². The fourth-order valence-electron chi connectivity index (χ4n) is 2.59. The first-order valence-electron chi connectivity index (χ1n) is 8.54. The molecule has 1 N–H and O–H groups in total. The average molecular weight is 394 g/mol. The lowest BCUT2D eigenvalue weighted by molar-refractivity contribution is -0.117. The summed E-state index contributed by atoms with van der Waals surface area (Å²) in [6.45, 7) is 6.20. The van der Waals surface area contributed by atoms with E-state index in [2.05, 4.69) is 5.32 Å². The number of carbonyl (C=O) groups excluding carboxylic acids is 2. The Kier molecular flexibility index (Phi) is 7.63. The molecule has 0 aliphatic heterocycles. The Morgan fingerprint density at radius 3 is 2.27 bits per heavy atom. The van der Waals surface area contributed by atoms with Crippen LogP contribution >= 0.6 is 22.9 Å². The number of benzene rings is 1. The van der Waals surface area contributed by atoms with Gasteiger partial charge in [0.05, 0.1) is 10.9 Å². The van der Waals surface area contributed by atoms with Crippen LogP contribution in [-0.4, -0.2) is 48.3 Å². The maximum atomic E-state index is 12.3. The standard InChI is InChI=1S/C19H24ClN3O2S/c1-4-23(5-2)19(25)14-6-8-15(9-7-14)21-18(24)13-22(3)12-16-10-11-17(20)26-16/h6-11H,4-5,12-13H2,1-3H3,(H,21,24). The first kappa shape index (κ1) is 20.4. The lowest BCUT2D eigenvalue weighted by atomic mass is 10.1. The Balaban J connectivity index is 1.87. The van der Waals surface area contributed by atoms with E-state index in [1.165, 1.54) is 11.3 Å². The zero-order valence-corrected chi connectivity index (χ0v) is 16.9. The van der Waals surface area contributed by atoms with E-state index in [0.29, 0.717) is 30.9 Å². The Hall–Kier alpha value is -1.89. The number of nitrogens with one attached hydrogen (secondary N) is 1. The number of hydrogen-bond acceptors (Lipinski definition) is 4. The molecule has 26 heavy (non-hydrogen) atoms. The van der Waals surface area contributed by atoms with Crippen LogP contribution in [0.5, 0.6) is 0 Å². The van der Waals surface area contributed by atoms with Crippen LogP contribution in [0.25, 0.3) is 0 Å². The molecule has 0 spiro atoms. The number of hydrogen-bond donors (Lipinski definition) is 1. The minimum absolute atomic E-state index is 0.00205. The number of amides is 2. The van der Waals surface area contributed by atoms with Crippen molar-refractivity contribution in [1.29, 1.82) is 0 Å². The summed E-state index contributed by atoms with van der Waals surface area (Å²) < 4.78 is 0.747. The molecule has 0 unspecified atom stereocenters. The fraction of sp³-hybridized carbons (Fsp3) is 0.368. The Morgan fingerprint density at radius 1 is 1.08 bits per heavy atom. The van der Waals surface area contributed by atoms with Crippen LogP contribution in [0.2, 0.25) is 4.34 Å². The third kappa shape index (κ3) is 5.83. The number of carbonyl (C=O) groups is 2. The van der Waals surface area contributed by atoms with Crippen molar-refractivity contribution in [3.05, 3.63) is 51.2 Å². The van der Waals surface area contributed by atoms with Crippen molar-refractivity contribution < 1.29 is 9.59 Å². The van der Waals surface area contributed by atoms with E-state index in [0.717, 1.165) is 9.21 Å². The van der Waals surface area contributed by atoms with E-state index < -0.39 is 0 Å². The maximum Gasteiger partial charge on any atom is 0.253 e. The molecule has 0 atom stereocenters. The molecule has 2 rings (SSSR count). The average Bonchev–Trinajstić information content (AvgIpc) is 3.01. The number of nitrogens with zero attached hydrogens (tertiary/aromatic N) is 2. The normalized spacial score (nSPS) is 10.8. The number of halogens is 1. The lowest BCUT2D eigenvalue weighted by Crippen LogP contribution is -2.30. The number of thiophene rings is 1. The van der Waals surface area contributed by atoms with Crippen LogP contribution < -0.4 is 5.32 Å². The third-order valence-electron chi connectivity index (χ3n) is 3.93. The number of anilines is 1. The van der Waals surface area contributed by atoms with Gasteiger partial charge in [-0.15, -0.1) is 11.3 Å². The Morgan fingerprint density at radius 2 is 1.73 bits per heavy atom. The summed E-state index contributed by atoms with van der Waals surface area (Å²) in [5.74, 6) is -0.0970. The van der Waals surface area contributed by atoms with E-state index in [9.17, 15) is 9.59 Å². The van der Waals surface area contributed by atoms with Crippen LogP contribution in [0, 0.1) is 0 Å². The molecule has 1 heterocycles. The zero-order chi connectivity index (χ0) is 19.1. The second kappa shape index (κ2) is 9.71. The van der Waals surface area contributed by atoms with Crippen molar-refractivity contribution in [3.63, 3.8) is 0 Å². The summed E-state index contributed by atoms with van der Waals surface area (Å²) in [5, 5.41) is 2.86. The summed E-state index contributed by atoms with van der Waals surface area (Å²) in [5.41, 5.74) is 1.30. The molecule has 7 heteroatoms. The molecule has 1 aromatic heterocycles. The topological polar surface area (TPSA) is 52.7 Å². The molecule has 0 bridgehead atoms. The highest BCUT2D eigenvalue weighted by Crippen LogP contribution is 2.22. The van der Waals surface area contributed by atoms with Gasteiger partial charge < -0.3 is 10.2 Å². The monoisotopic (exact) mass is 393 g/mol. The van der Waals surface area contributed by atoms with E-state index in [1.54, 1.807) is 29.2 Å². The molecule has 0 radical (unpaired) electrons. The van der Waals surface area contributed by atoms with E-state index >= 15 is 0 Å². The fourth-order valence-corrected chi connectivity index (χ4v) is 3.76. The highest BCUT2D eigenvalue weighted by Gasteiger charge is 2.13. The van der Waals surface area contributed by atoms with Crippen LogP contribution in [-0.2, 0) is 11.3 Å². The summed E-state index contributed by atoms with van der Waals surface area (Å²) in [6, 6.07) is 10.8. The smallest absolute Gasteiger partial charge is 0.253 e. The van der Waals surface area contributed by atoms with Crippen molar-refractivity contribution in [2.24, 2.45) is 0 Å². The summed E-state index contributed by atoms with van der Waals surface area (Å²) in [4.78, 5) is 29.3. The van der Waals surface area contributed by atoms with Crippen molar-refractivity contribution in [2.75, 3.05) is 32.0 Å². The molecule has 0 saturated heterocycles. The van der Waals surface area contributed by atoms with Crippen molar-refractivity contribution in [1.82, 2.24) is 9.80 Å². The van der Waals surface area contributed by atoms with Crippen LogP contribution in [0.15, 0.2) is 36.4 Å². The summed E-state index contributed by atoms with van der Waals surface area (Å²) in [7, 11) is 1.89. The highest BCUT2D eigenvalue weighted by atomic mass is 35.5. The van der Waals surface area contributed by atoms with Gasteiger partial charge in [0, 0.05) is 35.8 Å². The SMILES string of the molecule is CCN(CC)C(=O)c1ccc(NC(=O)CN(C)Cc2ccc(Cl)s2)cc1. The predicted octanol–water partition coefficient (Wildman–Crippen LogP) is 3.95. The van der Waals surface area contributed by atoms with Crippen molar-refractivity contribution in [3.8, 4) is 0 Å². The van der Waals surface area contributed by atoms with Gasteiger partial charge in [0.15, 0.2) is 0 Å². The third-order valence-corrected chi connectivity index (χ3v) is 5.15. The molecule has 2 aromatic rings. The van der Waals surface area contributed by atoms with Gasteiger partial charge in [-0.1, -0.05) is 11.6 Å². The molecule has 5 nitrogen and oxygen atoms in total. The molecule has 1 aromatic carbocycles. The molecule has 0 fully saturated rings. The predicted molar refractivity (Wildman–Crippen MR) is 108 cm³/mol. The largest absolute Gasteiger partial charge is 0.339 e. The second-order valence-electron chi connectivity index (χ2n) is 5.98. The Labute approximate surface area is 163 Å². The zero-order valence-electron chi connectivity index (χ0n) is 15.3. The van der Waals surface area contributed by atoms with Crippen LogP contribution in [0.1, 0.15) is 29.1 Å². The van der Waals surface area contributed by atoms with Gasteiger partial charge in [0.2, 0.25) is 5.91 Å². The highest BCUT2D eigenvalue weighted by molar-refractivity contribution is 7.16. The number of rotatable bonds is 8. The Bertz CT molecular complexity index is 741. The first-order valence-corrected chi connectivity index (χ1v) is 9.74. The molecule has 0 aliphatic rings. The molecular formula is C19H24ClN3O2S. The van der Waals surface area contributed by atoms with E-state index in [-0.39, 0.29) is 18.4 Å². The molecule has 140 valence electrons. The second-order valence-corrected chi connectivity index (χ2v) is 7.78. The van der Waals surface area contributed by atoms with E-state index in [1.807, 2.05) is 37.9 Å². The summed E-state index contributed by atoms with van der Waals surface area (Å²) >= 11 is 7.44. The minimum atomic E-state index is -0.0991. The minimum Gasteiger partial charge on any atom is -0.339 e. The van der Waals surface area contributed by atoms with Crippen LogP contribution in [0.4, 0.5) is 5.69 Å². The van der Waals surface area contributed by atoms with E-state index in [4.69, 9.17) is 11.6 Å². The van der Waals surface area contributed by atoms with Gasteiger partial charge in [0.1, 0.15) is 0 Å². The van der Waals surface area contributed by atoms with Gasteiger partial charge >= 0.3 is 0 Å². The molecule has 2 amide bonds. The van der Waals surface area contributed by atoms with Gasteiger partial charge in [-0.05, 0) is 57.3 Å². The molecule has 0 aliphatic carbocycles. The summed E-state index contributed by atoms with van der Waals surface area (Å²) in [6.07, 6.45) is 0. The van der Waals surface area contributed by atoms with Gasteiger partial charge in [-0.2, -0.15) is 0 Å². The molecule has 0 saturated carbocycles. The lowest BCUT2D eigenvalue weighted by Gasteiger charge is -2.19. The quantitative estimate of drug-likeness (QED) is 0.738. The van der Waals surface area contributed by atoms with Gasteiger partial charge in [-0.25, -0.2) is 0 Å².